The van der Waals surface area contributed by atoms with Gasteiger partial charge < -0.3 is 0 Å². The van der Waals surface area contributed by atoms with Crippen LogP contribution in [0.3, 0.4) is 0 Å². The molecule has 0 bridgehead atoms. The number of aryl methyl sites for hydroxylation is 3. The number of hydrogen-bond donors (Lipinski definition) is 1. The Hall–Kier alpha value is -3.17. The van der Waals surface area contributed by atoms with Crippen LogP contribution in [0.15, 0.2) is 73.1 Å². The van der Waals surface area contributed by atoms with Crippen LogP contribution in [0.2, 0.25) is 0 Å². The van der Waals surface area contributed by atoms with Crippen molar-refractivity contribution >= 4 is 34.4 Å². The molecule has 5 rings (SSSR count). The molecule has 3 heteroatoms. The van der Waals surface area contributed by atoms with Crippen LogP contribution in [-0.2, 0) is 12.2 Å². The van der Waals surface area contributed by atoms with Crippen LogP contribution in [0, 0.1) is 13.8 Å². The molecule has 2 heterocycles. The number of nitrogens with zero attached hydrogens (tertiary/aromatic N) is 2. The van der Waals surface area contributed by atoms with Crippen LogP contribution in [0.5, 0.6) is 0 Å². The molecule has 0 aliphatic heterocycles. The van der Waals surface area contributed by atoms with E-state index in [4.69, 9.17) is 9.97 Å². The van der Waals surface area contributed by atoms with Gasteiger partial charge in [0.15, 0.2) is 0 Å². The maximum Gasteiger partial charge on any atom is 0.0970 e. The van der Waals surface area contributed by atoms with Crippen molar-refractivity contribution in [1.29, 1.82) is 0 Å². The molecule has 3 aromatic carbocycles. The van der Waals surface area contributed by atoms with Crippen molar-refractivity contribution < 1.29 is 0 Å². The summed E-state index contributed by atoms with van der Waals surface area (Å²) in [4.78, 5) is 9.54. The molecule has 0 saturated carbocycles. The Morgan fingerprint density at radius 1 is 0.688 bits per heavy atom. The molecule has 5 aromatic rings. The summed E-state index contributed by atoms with van der Waals surface area (Å²) in [6, 6.07) is 21.9. The maximum absolute atomic E-state index is 4.77. The second-order valence-electron chi connectivity index (χ2n) is 8.40. The van der Waals surface area contributed by atoms with Crippen molar-refractivity contribution in [2.24, 2.45) is 0 Å². The second-order valence-corrected chi connectivity index (χ2v) is 8.71. The van der Waals surface area contributed by atoms with Crippen molar-refractivity contribution in [3.05, 3.63) is 95.3 Å². The number of rotatable bonds is 4. The van der Waals surface area contributed by atoms with Crippen LogP contribution < -0.4 is 0 Å². The van der Waals surface area contributed by atoms with Crippen molar-refractivity contribution in [3.63, 3.8) is 0 Å². The summed E-state index contributed by atoms with van der Waals surface area (Å²) >= 11 is 4.61. The average Bonchev–Trinajstić information content (AvgIpc) is 2.83. The Morgan fingerprint density at radius 2 is 1.31 bits per heavy atom. The number of hydrogen-bond acceptors (Lipinski definition) is 3. The Morgan fingerprint density at radius 3 is 1.91 bits per heavy atom. The van der Waals surface area contributed by atoms with E-state index in [1.807, 2.05) is 12.4 Å². The molecular weight excluding hydrogens is 408 g/mol. The van der Waals surface area contributed by atoms with Gasteiger partial charge in [0.1, 0.15) is 0 Å². The first-order valence-electron chi connectivity index (χ1n) is 11.1. The molecule has 158 valence electrons. The third kappa shape index (κ3) is 3.47. The predicted molar refractivity (Wildman–Crippen MR) is 139 cm³/mol. The van der Waals surface area contributed by atoms with Gasteiger partial charge in [0.2, 0.25) is 0 Å². The lowest BCUT2D eigenvalue weighted by Gasteiger charge is -2.14. The monoisotopic (exact) mass is 434 g/mol. The summed E-state index contributed by atoms with van der Waals surface area (Å²) < 4.78 is 0. The molecule has 0 unspecified atom stereocenters. The molecular formula is C29H26N2S. The molecule has 0 amide bonds. The highest BCUT2D eigenvalue weighted by molar-refractivity contribution is 7.79. The van der Waals surface area contributed by atoms with Gasteiger partial charge in [0, 0.05) is 28.9 Å². The minimum absolute atomic E-state index is 0.704. The molecule has 0 fully saturated rings. The minimum atomic E-state index is 0.704. The van der Waals surface area contributed by atoms with Gasteiger partial charge in [-0.05, 0) is 71.3 Å². The molecule has 0 spiro atoms. The number of aromatic nitrogens is 2. The van der Waals surface area contributed by atoms with Gasteiger partial charge in [-0.1, -0.05) is 61.0 Å². The topological polar surface area (TPSA) is 25.8 Å². The van der Waals surface area contributed by atoms with E-state index in [0.29, 0.717) is 5.75 Å². The van der Waals surface area contributed by atoms with E-state index in [1.54, 1.807) is 0 Å². The lowest BCUT2D eigenvalue weighted by atomic mass is 9.92. The zero-order valence-corrected chi connectivity index (χ0v) is 19.6. The van der Waals surface area contributed by atoms with Gasteiger partial charge in [-0.15, -0.1) is 0 Å². The third-order valence-corrected chi connectivity index (χ3v) is 6.67. The van der Waals surface area contributed by atoms with Gasteiger partial charge in [-0.2, -0.15) is 12.6 Å². The lowest BCUT2D eigenvalue weighted by Crippen LogP contribution is -1.94. The predicted octanol–water partition coefficient (Wildman–Crippen LogP) is 7.73. The number of benzene rings is 3. The minimum Gasteiger partial charge on any atom is -0.254 e. The lowest BCUT2D eigenvalue weighted by molar-refractivity contribution is 1.13. The maximum atomic E-state index is 4.77. The Balaban J connectivity index is 1.77. The number of thiol groups is 1. The van der Waals surface area contributed by atoms with Crippen molar-refractivity contribution in [2.75, 3.05) is 0 Å². The zero-order chi connectivity index (χ0) is 22.2. The van der Waals surface area contributed by atoms with Crippen molar-refractivity contribution in [2.45, 2.75) is 32.9 Å². The first-order chi connectivity index (χ1) is 15.6. The van der Waals surface area contributed by atoms with Gasteiger partial charge in [0.05, 0.1) is 11.0 Å². The quantitative estimate of drug-likeness (QED) is 0.231. The first kappa shape index (κ1) is 20.7. The van der Waals surface area contributed by atoms with E-state index in [0.717, 1.165) is 28.2 Å². The molecule has 0 atom stereocenters. The summed E-state index contributed by atoms with van der Waals surface area (Å²) in [7, 11) is 0. The fourth-order valence-electron chi connectivity index (χ4n) is 4.67. The van der Waals surface area contributed by atoms with E-state index < -0.39 is 0 Å². The van der Waals surface area contributed by atoms with E-state index in [-0.39, 0.29) is 0 Å². The molecule has 32 heavy (non-hydrogen) atoms. The first-order valence-corrected chi connectivity index (χ1v) is 11.7. The largest absolute Gasteiger partial charge is 0.254 e. The van der Waals surface area contributed by atoms with Gasteiger partial charge in [0.25, 0.3) is 0 Å². The normalized spacial score (nSPS) is 11.4. The Labute approximate surface area is 194 Å². The average molecular weight is 435 g/mol. The van der Waals surface area contributed by atoms with E-state index in [1.165, 1.54) is 44.5 Å². The highest BCUT2D eigenvalue weighted by Gasteiger charge is 2.14. The van der Waals surface area contributed by atoms with E-state index >= 15 is 0 Å². The SMILES string of the molecule is CCc1ccc(-c2ccnc3c2ccc2c(-c4ccc(C)cc4C)ccnc23)c(CS)c1. The molecule has 0 N–H and O–H groups in total. The second kappa shape index (κ2) is 8.40. The highest BCUT2D eigenvalue weighted by atomic mass is 32.1. The Bertz CT molecular complexity index is 1470. The Kier molecular flexibility index (Phi) is 5.44. The van der Waals surface area contributed by atoms with Gasteiger partial charge >= 0.3 is 0 Å². The summed E-state index contributed by atoms with van der Waals surface area (Å²) in [5.74, 6) is 0.704. The van der Waals surface area contributed by atoms with E-state index in [2.05, 4.69) is 94.1 Å². The fraction of sp³-hybridized carbons (Fsp3) is 0.172. The zero-order valence-electron chi connectivity index (χ0n) is 18.7. The molecule has 0 saturated heterocycles. The van der Waals surface area contributed by atoms with Gasteiger partial charge in [-0.3, -0.25) is 9.97 Å². The summed E-state index contributed by atoms with van der Waals surface area (Å²) in [5.41, 5.74) is 11.9. The third-order valence-electron chi connectivity index (χ3n) is 6.33. The van der Waals surface area contributed by atoms with Crippen LogP contribution in [0.1, 0.15) is 29.2 Å². The molecule has 0 radical (unpaired) electrons. The number of pyridine rings is 2. The van der Waals surface area contributed by atoms with Crippen molar-refractivity contribution in [1.82, 2.24) is 9.97 Å². The summed E-state index contributed by atoms with van der Waals surface area (Å²) in [6.07, 6.45) is 4.83. The van der Waals surface area contributed by atoms with Crippen LogP contribution >= 0.6 is 12.6 Å². The molecule has 0 aliphatic carbocycles. The van der Waals surface area contributed by atoms with Gasteiger partial charge in [-0.25, -0.2) is 0 Å². The molecule has 2 aromatic heterocycles. The van der Waals surface area contributed by atoms with Crippen LogP contribution in [0.25, 0.3) is 44.1 Å². The van der Waals surface area contributed by atoms with Crippen molar-refractivity contribution in [3.8, 4) is 22.3 Å². The van der Waals surface area contributed by atoms with Crippen LogP contribution in [0.4, 0.5) is 0 Å². The van der Waals surface area contributed by atoms with E-state index in [9.17, 15) is 0 Å². The number of fused-ring (bicyclic) bond motifs is 3. The molecule has 0 aliphatic rings. The summed E-state index contributed by atoms with van der Waals surface area (Å²) in [5, 5.41) is 2.25. The smallest absolute Gasteiger partial charge is 0.0970 e. The highest BCUT2D eigenvalue weighted by Crippen LogP contribution is 2.37. The standard InChI is InChI=1S/C29H26N2S/c1-4-20-6-8-23(21(16-20)17-32)25-12-14-31-29-27(25)10-9-26-24(11-13-30-28(26)29)22-7-5-18(2)15-19(22)3/h5-16,32H,4,17H2,1-3H3. The fourth-order valence-corrected chi connectivity index (χ4v) is 4.94. The van der Waals surface area contributed by atoms with Crippen LogP contribution in [-0.4, -0.2) is 9.97 Å². The summed E-state index contributed by atoms with van der Waals surface area (Å²) in [6.45, 7) is 6.49. The molecule has 2 nitrogen and oxygen atoms in total.